The van der Waals surface area contributed by atoms with Gasteiger partial charge in [-0.25, -0.2) is 8.42 Å². The molecule has 17 heavy (non-hydrogen) atoms. The summed E-state index contributed by atoms with van der Waals surface area (Å²) in [6.07, 6.45) is 2.93. The fourth-order valence-corrected chi connectivity index (χ4v) is 3.34. The smallest absolute Gasteiger partial charge is 0.244 e. The van der Waals surface area contributed by atoms with Gasteiger partial charge in [-0.05, 0) is 34.8 Å². The van der Waals surface area contributed by atoms with Crippen LogP contribution in [0.2, 0.25) is 0 Å². The first kappa shape index (κ1) is 14.6. The van der Waals surface area contributed by atoms with Gasteiger partial charge in [0.05, 0.1) is 0 Å². The number of pyridine rings is 1. The van der Waals surface area contributed by atoms with Crippen molar-refractivity contribution in [1.29, 1.82) is 0 Å². The summed E-state index contributed by atoms with van der Waals surface area (Å²) >= 11 is 3.22. The molecule has 0 N–H and O–H groups in total. The molecule has 0 amide bonds. The average Bonchev–Trinajstić information content (AvgIpc) is 2.26. The van der Waals surface area contributed by atoms with Crippen molar-refractivity contribution < 1.29 is 8.42 Å². The molecule has 1 atom stereocenters. The van der Waals surface area contributed by atoms with Crippen LogP contribution in [0.25, 0.3) is 0 Å². The summed E-state index contributed by atoms with van der Waals surface area (Å²) in [7, 11) is -1.87. The molecule has 0 aromatic carbocycles. The van der Waals surface area contributed by atoms with E-state index in [0.717, 1.165) is 0 Å². The highest BCUT2D eigenvalue weighted by atomic mass is 79.9. The quantitative estimate of drug-likeness (QED) is 0.856. The molecule has 1 rings (SSSR count). The van der Waals surface area contributed by atoms with Crippen LogP contribution in [0.15, 0.2) is 27.8 Å². The molecule has 0 bridgehead atoms. The van der Waals surface area contributed by atoms with Crippen LogP contribution in [-0.4, -0.2) is 30.8 Å². The molecule has 0 aliphatic carbocycles. The molecular formula is C11H17BrN2O2S. The molecule has 0 saturated carbocycles. The number of halogens is 1. The maximum atomic E-state index is 12.3. The van der Waals surface area contributed by atoms with Gasteiger partial charge in [0.25, 0.3) is 0 Å². The summed E-state index contributed by atoms with van der Waals surface area (Å²) in [5.41, 5.74) is 0. The normalized spacial score (nSPS) is 14.3. The van der Waals surface area contributed by atoms with Crippen LogP contribution in [0.5, 0.6) is 0 Å². The Kier molecular flexibility index (Phi) is 4.69. The Morgan fingerprint density at radius 2 is 1.88 bits per heavy atom. The second-order valence-electron chi connectivity index (χ2n) is 4.34. The van der Waals surface area contributed by atoms with Crippen LogP contribution in [0.4, 0.5) is 0 Å². The van der Waals surface area contributed by atoms with Crippen molar-refractivity contribution in [2.24, 2.45) is 5.92 Å². The van der Waals surface area contributed by atoms with Gasteiger partial charge in [-0.2, -0.15) is 4.31 Å². The highest BCUT2D eigenvalue weighted by Gasteiger charge is 2.27. The van der Waals surface area contributed by atoms with Crippen molar-refractivity contribution in [2.75, 3.05) is 7.05 Å². The van der Waals surface area contributed by atoms with Crippen LogP contribution < -0.4 is 0 Å². The van der Waals surface area contributed by atoms with Crippen molar-refractivity contribution in [2.45, 2.75) is 31.7 Å². The molecule has 1 aromatic heterocycles. The Labute approximate surface area is 111 Å². The van der Waals surface area contributed by atoms with E-state index in [2.05, 4.69) is 20.9 Å². The number of nitrogens with zero attached hydrogens (tertiary/aromatic N) is 2. The number of rotatable bonds is 4. The lowest BCUT2D eigenvalue weighted by atomic mass is 10.1. The first-order chi connectivity index (χ1) is 7.76. The van der Waals surface area contributed by atoms with E-state index in [-0.39, 0.29) is 16.9 Å². The van der Waals surface area contributed by atoms with E-state index in [1.54, 1.807) is 19.3 Å². The van der Waals surface area contributed by atoms with E-state index < -0.39 is 10.0 Å². The van der Waals surface area contributed by atoms with Gasteiger partial charge in [-0.15, -0.1) is 0 Å². The molecule has 4 nitrogen and oxygen atoms in total. The third kappa shape index (κ3) is 3.26. The Hall–Kier alpha value is -0.460. The van der Waals surface area contributed by atoms with E-state index in [1.165, 1.54) is 10.5 Å². The number of hydrogen-bond acceptors (Lipinski definition) is 3. The van der Waals surface area contributed by atoms with Crippen molar-refractivity contribution in [3.05, 3.63) is 22.9 Å². The Bertz CT molecular complexity index is 488. The summed E-state index contributed by atoms with van der Waals surface area (Å²) in [5.74, 6) is 0.259. The molecular weight excluding hydrogens is 304 g/mol. The Morgan fingerprint density at radius 3 is 2.35 bits per heavy atom. The lowest BCUT2D eigenvalue weighted by Crippen LogP contribution is -2.38. The molecule has 1 aromatic rings. The van der Waals surface area contributed by atoms with E-state index in [1.807, 2.05) is 20.8 Å². The fourth-order valence-electron chi connectivity index (χ4n) is 1.34. The first-order valence-electron chi connectivity index (χ1n) is 5.35. The lowest BCUT2D eigenvalue weighted by molar-refractivity contribution is 0.315. The predicted molar refractivity (Wildman–Crippen MR) is 71.2 cm³/mol. The average molecular weight is 321 g/mol. The topological polar surface area (TPSA) is 50.3 Å². The maximum absolute atomic E-state index is 12.3. The Balaban J connectivity index is 3.12. The number of aromatic nitrogens is 1. The van der Waals surface area contributed by atoms with E-state index >= 15 is 0 Å². The second-order valence-corrected chi connectivity index (χ2v) is 7.26. The standard InChI is InChI=1S/C11H17BrN2O2S/c1-8(2)9(3)14(4)17(15,16)11-5-10(12)6-13-7-11/h5-9H,1-4H3. The van der Waals surface area contributed by atoms with Gasteiger partial charge in [-0.1, -0.05) is 13.8 Å². The van der Waals surface area contributed by atoms with Crippen LogP contribution in [0, 0.1) is 5.92 Å². The minimum Gasteiger partial charge on any atom is -0.262 e. The molecule has 0 radical (unpaired) electrons. The molecule has 6 heteroatoms. The molecule has 0 fully saturated rings. The van der Waals surface area contributed by atoms with Gasteiger partial charge in [0.15, 0.2) is 0 Å². The zero-order chi connectivity index (χ0) is 13.2. The highest BCUT2D eigenvalue weighted by molar-refractivity contribution is 9.10. The summed E-state index contributed by atoms with van der Waals surface area (Å²) < 4.78 is 26.6. The summed E-state index contributed by atoms with van der Waals surface area (Å²) in [6, 6.07) is 1.50. The van der Waals surface area contributed by atoms with Gasteiger partial charge < -0.3 is 0 Å². The number of hydrogen-bond donors (Lipinski definition) is 0. The Morgan fingerprint density at radius 1 is 1.29 bits per heavy atom. The third-order valence-electron chi connectivity index (χ3n) is 2.90. The van der Waals surface area contributed by atoms with Crippen LogP contribution >= 0.6 is 15.9 Å². The molecule has 0 saturated heterocycles. The summed E-state index contributed by atoms with van der Waals surface area (Å²) in [4.78, 5) is 4.09. The van der Waals surface area contributed by atoms with Crippen LogP contribution in [0.3, 0.4) is 0 Å². The van der Waals surface area contributed by atoms with Gasteiger partial charge >= 0.3 is 0 Å². The zero-order valence-corrected chi connectivity index (χ0v) is 12.8. The van der Waals surface area contributed by atoms with Crippen molar-refractivity contribution in [3.63, 3.8) is 0 Å². The van der Waals surface area contributed by atoms with Crippen LogP contribution in [0.1, 0.15) is 20.8 Å². The van der Waals surface area contributed by atoms with Gasteiger partial charge in [-0.3, -0.25) is 4.98 Å². The van der Waals surface area contributed by atoms with Crippen molar-refractivity contribution >= 4 is 26.0 Å². The van der Waals surface area contributed by atoms with Crippen molar-refractivity contribution in [3.8, 4) is 0 Å². The molecule has 0 aliphatic rings. The lowest BCUT2D eigenvalue weighted by Gasteiger charge is -2.27. The van der Waals surface area contributed by atoms with Gasteiger partial charge in [0.1, 0.15) is 4.90 Å². The van der Waals surface area contributed by atoms with Crippen molar-refractivity contribution in [1.82, 2.24) is 9.29 Å². The highest BCUT2D eigenvalue weighted by Crippen LogP contribution is 2.21. The molecule has 0 aliphatic heterocycles. The van der Waals surface area contributed by atoms with E-state index in [0.29, 0.717) is 4.47 Å². The summed E-state index contributed by atoms with van der Waals surface area (Å²) in [5, 5.41) is 0. The van der Waals surface area contributed by atoms with Crippen LogP contribution in [-0.2, 0) is 10.0 Å². The van der Waals surface area contributed by atoms with Gasteiger partial charge in [0.2, 0.25) is 10.0 Å². The second kappa shape index (κ2) is 5.46. The first-order valence-corrected chi connectivity index (χ1v) is 7.58. The molecule has 1 heterocycles. The van der Waals surface area contributed by atoms with E-state index in [9.17, 15) is 8.42 Å². The minimum atomic E-state index is -3.46. The zero-order valence-electron chi connectivity index (χ0n) is 10.4. The molecule has 0 spiro atoms. The monoisotopic (exact) mass is 320 g/mol. The SMILES string of the molecule is CC(C)C(C)N(C)S(=O)(=O)c1cncc(Br)c1. The largest absolute Gasteiger partial charge is 0.262 e. The fraction of sp³-hybridized carbons (Fsp3) is 0.545. The predicted octanol–water partition coefficient (Wildman–Crippen LogP) is 2.51. The van der Waals surface area contributed by atoms with E-state index in [4.69, 9.17) is 0 Å². The third-order valence-corrected chi connectivity index (χ3v) is 5.24. The molecule has 1 unspecified atom stereocenters. The minimum absolute atomic E-state index is 0.0565. The molecule has 96 valence electrons. The summed E-state index contributed by atoms with van der Waals surface area (Å²) in [6.45, 7) is 5.89. The van der Waals surface area contributed by atoms with Gasteiger partial charge in [0, 0.05) is 30.0 Å². The maximum Gasteiger partial charge on any atom is 0.244 e. The number of sulfonamides is 1.